The predicted molar refractivity (Wildman–Crippen MR) is 101 cm³/mol. The van der Waals surface area contributed by atoms with Gasteiger partial charge in [-0.2, -0.15) is 0 Å². The molecule has 0 bridgehead atoms. The van der Waals surface area contributed by atoms with E-state index in [9.17, 15) is 9.59 Å². The van der Waals surface area contributed by atoms with Crippen LogP contribution in [0.1, 0.15) is 17.9 Å². The van der Waals surface area contributed by atoms with Crippen LogP contribution < -0.4 is 4.90 Å². The third-order valence-electron chi connectivity index (χ3n) is 4.47. The highest BCUT2D eigenvalue weighted by Crippen LogP contribution is 2.42. The van der Waals surface area contributed by atoms with Gasteiger partial charge >= 0.3 is 5.97 Å². The van der Waals surface area contributed by atoms with Gasteiger partial charge in [0, 0.05) is 27.0 Å². The number of carbonyl (C=O) groups excluding carboxylic acids is 2. The Morgan fingerprint density at radius 2 is 1.52 bits per heavy atom. The Labute approximate surface area is 161 Å². The molecule has 2 heterocycles. The van der Waals surface area contributed by atoms with Crippen LogP contribution in [0.15, 0.2) is 68.7 Å². The summed E-state index contributed by atoms with van der Waals surface area (Å²) in [6.45, 7) is 0.128. The minimum absolute atomic E-state index is 0.0349. The Balaban J connectivity index is 1.81. The topological polar surface area (TPSA) is 46.6 Å². The SMILES string of the molecule is O=C1OCC2=C1C(c1ccc(Br)cc1)CC(=O)N2c1ccc(Br)cc1. The number of cyclic esters (lactones) is 1. The zero-order chi connectivity index (χ0) is 17.6. The summed E-state index contributed by atoms with van der Waals surface area (Å²) in [5.41, 5.74) is 2.92. The Kier molecular flexibility index (Phi) is 4.25. The van der Waals surface area contributed by atoms with Gasteiger partial charge in [-0.05, 0) is 42.0 Å². The maximum absolute atomic E-state index is 12.9. The molecule has 6 heteroatoms. The second-order valence-corrected chi connectivity index (χ2v) is 7.78. The van der Waals surface area contributed by atoms with Gasteiger partial charge in [0.2, 0.25) is 5.91 Å². The van der Waals surface area contributed by atoms with Crippen molar-refractivity contribution in [2.75, 3.05) is 11.5 Å². The number of ether oxygens (including phenoxy) is 1. The molecule has 2 aliphatic heterocycles. The van der Waals surface area contributed by atoms with Crippen molar-refractivity contribution in [2.45, 2.75) is 12.3 Å². The van der Waals surface area contributed by atoms with Crippen LogP contribution in [-0.2, 0) is 14.3 Å². The van der Waals surface area contributed by atoms with Crippen LogP contribution >= 0.6 is 31.9 Å². The molecule has 0 fully saturated rings. The number of halogens is 2. The Hall–Kier alpha value is -1.92. The van der Waals surface area contributed by atoms with Crippen molar-refractivity contribution in [3.63, 3.8) is 0 Å². The van der Waals surface area contributed by atoms with Gasteiger partial charge in [-0.15, -0.1) is 0 Å². The van der Waals surface area contributed by atoms with Crippen molar-refractivity contribution >= 4 is 49.4 Å². The lowest BCUT2D eigenvalue weighted by Gasteiger charge is -2.31. The van der Waals surface area contributed by atoms with Crippen LogP contribution in [0.2, 0.25) is 0 Å². The predicted octanol–water partition coefficient (Wildman–Crippen LogP) is 4.54. The number of hydrogen-bond acceptors (Lipinski definition) is 3. The first kappa shape index (κ1) is 16.5. The van der Waals surface area contributed by atoms with Crippen LogP contribution in [0.5, 0.6) is 0 Å². The average molecular weight is 463 g/mol. The fourth-order valence-electron chi connectivity index (χ4n) is 3.32. The summed E-state index contributed by atoms with van der Waals surface area (Å²) in [6.07, 6.45) is 0.242. The number of nitrogens with zero attached hydrogens (tertiary/aromatic N) is 1. The second kappa shape index (κ2) is 6.42. The molecule has 0 spiro atoms. The molecule has 126 valence electrons. The lowest BCUT2D eigenvalue weighted by Crippen LogP contribution is -2.37. The molecule has 4 nitrogen and oxygen atoms in total. The van der Waals surface area contributed by atoms with Gasteiger partial charge in [-0.25, -0.2) is 4.79 Å². The molecular formula is C19H13Br2NO3. The Morgan fingerprint density at radius 3 is 2.16 bits per heavy atom. The number of amides is 1. The van der Waals surface area contributed by atoms with E-state index in [4.69, 9.17) is 4.74 Å². The van der Waals surface area contributed by atoms with Crippen LogP contribution in [-0.4, -0.2) is 18.5 Å². The number of benzene rings is 2. The molecule has 0 radical (unpaired) electrons. The fraction of sp³-hybridized carbons (Fsp3) is 0.158. The molecule has 1 atom stereocenters. The summed E-state index contributed by atoms with van der Waals surface area (Å²) in [5.74, 6) is -0.637. The van der Waals surface area contributed by atoms with Gasteiger partial charge < -0.3 is 4.74 Å². The van der Waals surface area contributed by atoms with E-state index < -0.39 is 0 Å². The molecule has 0 N–H and O–H groups in total. The first-order valence-electron chi connectivity index (χ1n) is 7.79. The van der Waals surface area contributed by atoms with Crippen molar-refractivity contribution in [2.24, 2.45) is 0 Å². The Morgan fingerprint density at radius 1 is 0.920 bits per heavy atom. The molecule has 0 aliphatic carbocycles. The summed E-state index contributed by atoms with van der Waals surface area (Å²) in [4.78, 5) is 26.9. The van der Waals surface area contributed by atoms with E-state index >= 15 is 0 Å². The van der Waals surface area contributed by atoms with Crippen molar-refractivity contribution in [3.8, 4) is 0 Å². The normalized spacial score (nSPS) is 19.9. The molecule has 0 saturated heterocycles. The van der Waals surface area contributed by atoms with Crippen LogP contribution in [0.4, 0.5) is 5.69 Å². The number of hydrogen-bond donors (Lipinski definition) is 0. The first-order valence-corrected chi connectivity index (χ1v) is 9.37. The summed E-state index contributed by atoms with van der Waals surface area (Å²) < 4.78 is 7.16. The number of anilines is 1. The van der Waals surface area contributed by atoms with Gasteiger partial charge in [-0.1, -0.05) is 44.0 Å². The highest BCUT2D eigenvalue weighted by Gasteiger charge is 2.42. The Bertz CT molecular complexity index is 888. The monoisotopic (exact) mass is 461 g/mol. The smallest absolute Gasteiger partial charge is 0.336 e. The van der Waals surface area contributed by atoms with Gasteiger partial charge in [0.25, 0.3) is 0 Å². The van der Waals surface area contributed by atoms with E-state index in [2.05, 4.69) is 31.9 Å². The number of carbonyl (C=O) groups is 2. The summed E-state index contributed by atoms with van der Waals surface area (Å²) in [5, 5.41) is 0. The highest BCUT2D eigenvalue weighted by atomic mass is 79.9. The lowest BCUT2D eigenvalue weighted by atomic mass is 9.84. The zero-order valence-corrected chi connectivity index (χ0v) is 16.2. The van der Waals surface area contributed by atoms with Crippen LogP contribution in [0.3, 0.4) is 0 Å². The van der Waals surface area contributed by atoms with Gasteiger partial charge in [0.15, 0.2) is 0 Å². The first-order chi connectivity index (χ1) is 12.0. The summed E-state index contributed by atoms with van der Waals surface area (Å²) in [6, 6.07) is 15.2. The van der Waals surface area contributed by atoms with Gasteiger partial charge in [-0.3, -0.25) is 9.69 Å². The van der Waals surface area contributed by atoms with Crippen molar-refractivity contribution in [1.82, 2.24) is 0 Å². The minimum Gasteiger partial charge on any atom is -0.456 e. The van der Waals surface area contributed by atoms with Gasteiger partial charge in [0.05, 0.1) is 11.3 Å². The van der Waals surface area contributed by atoms with Crippen molar-refractivity contribution in [1.29, 1.82) is 0 Å². The molecule has 2 aromatic carbocycles. The summed E-state index contributed by atoms with van der Waals surface area (Å²) >= 11 is 6.81. The minimum atomic E-state index is -0.336. The molecular weight excluding hydrogens is 450 g/mol. The molecule has 1 unspecified atom stereocenters. The number of esters is 1. The standard InChI is InChI=1S/C19H13Br2NO3/c20-12-3-1-11(2-4-12)15-9-17(23)22(14-7-5-13(21)6-8-14)16-10-25-19(24)18(15)16/h1-8,15H,9-10H2. The number of rotatable bonds is 2. The van der Waals surface area contributed by atoms with Gasteiger partial charge in [0.1, 0.15) is 6.61 Å². The van der Waals surface area contributed by atoms with Crippen LogP contribution in [0, 0.1) is 0 Å². The average Bonchev–Trinajstić information content (AvgIpc) is 2.98. The molecule has 25 heavy (non-hydrogen) atoms. The van der Waals surface area contributed by atoms with Crippen LogP contribution in [0.25, 0.3) is 0 Å². The highest BCUT2D eigenvalue weighted by molar-refractivity contribution is 9.10. The third-order valence-corrected chi connectivity index (χ3v) is 5.53. The molecule has 0 saturated carbocycles. The largest absolute Gasteiger partial charge is 0.456 e. The van der Waals surface area contributed by atoms with E-state index in [1.54, 1.807) is 4.90 Å². The third kappa shape index (κ3) is 2.93. The lowest BCUT2D eigenvalue weighted by molar-refractivity contribution is -0.136. The summed E-state index contributed by atoms with van der Waals surface area (Å²) in [7, 11) is 0. The van der Waals surface area contributed by atoms with Crippen molar-refractivity contribution < 1.29 is 14.3 Å². The molecule has 2 aromatic rings. The maximum Gasteiger partial charge on any atom is 0.336 e. The maximum atomic E-state index is 12.9. The quantitative estimate of drug-likeness (QED) is 0.615. The van der Waals surface area contributed by atoms with E-state index in [1.165, 1.54) is 0 Å². The second-order valence-electron chi connectivity index (χ2n) is 5.95. The molecule has 4 rings (SSSR count). The molecule has 1 amide bonds. The van der Waals surface area contributed by atoms with E-state index in [1.807, 2.05) is 48.5 Å². The zero-order valence-electron chi connectivity index (χ0n) is 13.0. The fourth-order valence-corrected chi connectivity index (χ4v) is 3.85. The van der Waals surface area contributed by atoms with Crippen molar-refractivity contribution in [3.05, 3.63) is 74.3 Å². The molecule has 0 aromatic heterocycles. The van der Waals surface area contributed by atoms with E-state index in [-0.39, 0.29) is 30.8 Å². The van der Waals surface area contributed by atoms with E-state index in [0.29, 0.717) is 11.3 Å². The molecule has 2 aliphatic rings. The van der Waals surface area contributed by atoms with E-state index in [0.717, 1.165) is 20.2 Å².